The lowest BCUT2D eigenvalue weighted by Gasteiger charge is -2.20. The number of nitrogens with zero attached hydrogens (tertiary/aromatic N) is 2. The van der Waals surface area contributed by atoms with E-state index in [4.69, 9.17) is 5.84 Å². The van der Waals surface area contributed by atoms with Gasteiger partial charge in [0, 0.05) is 19.2 Å². The van der Waals surface area contributed by atoms with Gasteiger partial charge in [-0.1, -0.05) is 26.3 Å². The molecule has 1 rings (SSSR count). The first kappa shape index (κ1) is 15.4. The molecule has 106 valence electrons. The number of hydrazine groups is 1. The fourth-order valence-corrected chi connectivity index (χ4v) is 1.99. The highest BCUT2D eigenvalue weighted by Gasteiger charge is 2.14. The normalized spacial score (nSPS) is 12.5. The van der Waals surface area contributed by atoms with Crippen molar-refractivity contribution in [2.75, 3.05) is 19.0 Å². The summed E-state index contributed by atoms with van der Waals surface area (Å²) in [6.45, 7) is 6.12. The van der Waals surface area contributed by atoms with Crippen molar-refractivity contribution in [3.8, 4) is 0 Å². The van der Waals surface area contributed by atoms with Gasteiger partial charge in [0.1, 0.15) is 5.69 Å². The van der Waals surface area contributed by atoms with Gasteiger partial charge in [-0.2, -0.15) is 0 Å². The number of nitro benzene ring substituents is 1. The number of benzene rings is 1. The minimum Gasteiger partial charge on any atom is -0.318 e. The molecule has 1 aromatic carbocycles. The first-order valence-corrected chi connectivity index (χ1v) is 6.40. The summed E-state index contributed by atoms with van der Waals surface area (Å²) in [5, 5.41) is 10.8. The van der Waals surface area contributed by atoms with Gasteiger partial charge in [-0.05, 0) is 24.6 Å². The highest BCUT2D eigenvalue weighted by atomic mass is 16.6. The quantitative estimate of drug-likeness (QED) is 0.449. The molecule has 0 radical (unpaired) electrons. The van der Waals surface area contributed by atoms with E-state index in [-0.39, 0.29) is 5.69 Å². The SMILES string of the molecule is CCC(C)CN(C)Cc1ccc([N+](=O)[O-])c(NN)c1. The molecule has 0 amide bonds. The fraction of sp³-hybridized carbons (Fsp3) is 0.538. The molecule has 0 aliphatic rings. The zero-order valence-corrected chi connectivity index (χ0v) is 11.7. The van der Waals surface area contributed by atoms with Crippen LogP contribution in [0.5, 0.6) is 0 Å². The minimum absolute atomic E-state index is 0.00386. The van der Waals surface area contributed by atoms with Crippen LogP contribution in [0.25, 0.3) is 0 Å². The Hall–Kier alpha value is -1.66. The van der Waals surface area contributed by atoms with Crippen LogP contribution in [-0.2, 0) is 6.54 Å². The lowest BCUT2D eigenvalue weighted by Crippen LogP contribution is -2.23. The van der Waals surface area contributed by atoms with E-state index in [2.05, 4.69) is 24.2 Å². The molecule has 1 unspecified atom stereocenters. The molecule has 6 nitrogen and oxygen atoms in total. The monoisotopic (exact) mass is 266 g/mol. The average molecular weight is 266 g/mol. The van der Waals surface area contributed by atoms with Crippen LogP contribution in [0, 0.1) is 16.0 Å². The summed E-state index contributed by atoms with van der Waals surface area (Å²) >= 11 is 0. The Morgan fingerprint density at radius 3 is 2.74 bits per heavy atom. The van der Waals surface area contributed by atoms with E-state index in [1.54, 1.807) is 12.1 Å². The molecule has 0 saturated heterocycles. The van der Waals surface area contributed by atoms with Crippen molar-refractivity contribution in [1.29, 1.82) is 0 Å². The van der Waals surface area contributed by atoms with Crippen molar-refractivity contribution < 1.29 is 4.92 Å². The number of nitrogens with two attached hydrogens (primary N) is 1. The van der Waals surface area contributed by atoms with Crippen molar-refractivity contribution in [2.24, 2.45) is 11.8 Å². The third-order valence-electron chi connectivity index (χ3n) is 3.19. The van der Waals surface area contributed by atoms with Gasteiger partial charge in [0.2, 0.25) is 0 Å². The summed E-state index contributed by atoms with van der Waals surface area (Å²) in [4.78, 5) is 12.6. The Labute approximate surface area is 113 Å². The molecule has 0 spiro atoms. The third kappa shape index (κ3) is 4.50. The van der Waals surface area contributed by atoms with Crippen LogP contribution in [0.2, 0.25) is 0 Å². The Bertz CT molecular complexity index is 437. The van der Waals surface area contributed by atoms with Crippen LogP contribution in [0.4, 0.5) is 11.4 Å². The van der Waals surface area contributed by atoms with E-state index in [0.717, 1.165) is 25.1 Å². The minimum atomic E-state index is -0.443. The molecule has 19 heavy (non-hydrogen) atoms. The second-order valence-corrected chi connectivity index (χ2v) is 4.96. The molecule has 0 aliphatic carbocycles. The number of anilines is 1. The molecular weight excluding hydrogens is 244 g/mol. The third-order valence-corrected chi connectivity index (χ3v) is 3.19. The summed E-state index contributed by atoms with van der Waals surface area (Å²) < 4.78 is 0. The standard InChI is InChI=1S/C13H22N4O2/c1-4-10(2)8-16(3)9-11-5-6-13(17(18)19)12(7-11)15-14/h5-7,10,15H,4,8-9,14H2,1-3H3. The molecule has 0 aromatic heterocycles. The zero-order chi connectivity index (χ0) is 14.4. The van der Waals surface area contributed by atoms with E-state index < -0.39 is 4.92 Å². The average Bonchev–Trinajstić information content (AvgIpc) is 2.37. The van der Waals surface area contributed by atoms with Gasteiger partial charge < -0.3 is 10.3 Å². The molecule has 0 bridgehead atoms. The van der Waals surface area contributed by atoms with Crippen LogP contribution in [-0.4, -0.2) is 23.4 Å². The Kier molecular flexibility index (Phi) is 5.72. The van der Waals surface area contributed by atoms with E-state index in [1.165, 1.54) is 6.07 Å². The van der Waals surface area contributed by atoms with E-state index in [1.807, 2.05) is 7.05 Å². The molecule has 1 aromatic rings. The van der Waals surface area contributed by atoms with Gasteiger partial charge >= 0.3 is 0 Å². The van der Waals surface area contributed by atoms with E-state index in [0.29, 0.717) is 11.6 Å². The topological polar surface area (TPSA) is 84.4 Å². The predicted octanol–water partition coefficient (Wildman–Crippen LogP) is 2.36. The predicted molar refractivity (Wildman–Crippen MR) is 76.7 cm³/mol. The summed E-state index contributed by atoms with van der Waals surface area (Å²) in [7, 11) is 2.04. The number of rotatable bonds is 7. The molecule has 1 atom stereocenters. The first-order valence-electron chi connectivity index (χ1n) is 6.40. The van der Waals surface area contributed by atoms with Crippen molar-refractivity contribution in [2.45, 2.75) is 26.8 Å². The molecular formula is C13H22N4O2. The van der Waals surface area contributed by atoms with Crippen LogP contribution >= 0.6 is 0 Å². The van der Waals surface area contributed by atoms with Crippen molar-refractivity contribution in [3.63, 3.8) is 0 Å². The maximum absolute atomic E-state index is 10.8. The van der Waals surface area contributed by atoms with Crippen molar-refractivity contribution in [3.05, 3.63) is 33.9 Å². The second-order valence-electron chi connectivity index (χ2n) is 4.96. The Morgan fingerprint density at radius 1 is 1.53 bits per heavy atom. The summed E-state index contributed by atoms with van der Waals surface area (Å²) in [5.74, 6) is 5.96. The summed E-state index contributed by atoms with van der Waals surface area (Å²) in [6.07, 6.45) is 1.14. The smallest absolute Gasteiger partial charge is 0.293 e. The van der Waals surface area contributed by atoms with Crippen molar-refractivity contribution >= 4 is 11.4 Å². The molecule has 0 fully saturated rings. The van der Waals surface area contributed by atoms with Crippen molar-refractivity contribution in [1.82, 2.24) is 4.90 Å². The van der Waals surface area contributed by atoms with Crippen LogP contribution in [0.1, 0.15) is 25.8 Å². The van der Waals surface area contributed by atoms with Gasteiger partial charge in [0.25, 0.3) is 5.69 Å². The lowest BCUT2D eigenvalue weighted by molar-refractivity contribution is -0.384. The number of nitro groups is 1. The highest BCUT2D eigenvalue weighted by molar-refractivity contribution is 5.62. The number of nitrogens with one attached hydrogen (secondary N) is 1. The van der Waals surface area contributed by atoms with E-state index in [9.17, 15) is 10.1 Å². The van der Waals surface area contributed by atoms with Crippen LogP contribution in [0.15, 0.2) is 18.2 Å². The van der Waals surface area contributed by atoms with Gasteiger partial charge in [-0.3, -0.25) is 16.0 Å². The zero-order valence-electron chi connectivity index (χ0n) is 11.7. The Balaban J connectivity index is 2.77. The largest absolute Gasteiger partial charge is 0.318 e. The molecule has 3 N–H and O–H groups in total. The van der Waals surface area contributed by atoms with Crippen LogP contribution < -0.4 is 11.3 Å². The second kappa shape index (κ2) is 7.06. The maximum Gasteiger partial charge on any atom is 0.293 e. The van der Waals surface area contributed by atoms with Gasteiger partial charge in [-0.25, -0.2) is 0 Å². The van der Waals surface area contributed by atoms with Crippen LogP contribution in [0.3, 0.4) is 0 Å². The molecule has 0 saturated carbocycles. The maximum atomic E-state index is 10.8. The molecule has 0 aliphatic heterocycles. The number of hydrogen-bond acceptors (Lipinski definition) is 5. The fourth-order valence-electron chi connectivity index (χ4n) is 1.99. The summed E-state index contributed by atoms with van der Waals surface area (Å²) in [6, 6.07) is 4.99. The van der Waals surface area contributed by atoms with Gasteiger partial charge in [-0.15, -0.1) is 0 Å². The summed E-state index contributed by atoms with van der Waals surface area (Å²) in [5.41, 5.74) is 3.73. The van der Waals surface area contributed by atoms with E-state index >= 15 is 0 Å². The number of hydrogen-bond donors (Lipinski definition) is 2. The first-order chi connectivity index (χ1) is 8.97. The lowest BCUT2D eigenvalue weighted by atomic mass is 10.1. The molecule has 6 heteroatoms. The molecule has 0 heterocycles. The van der Waals surface area contributed by atoms with Gasteiger partial charge in [0.05, 0.1) is 4.92 Å². The highest BCUT2D eigenvalue weighted by Crippen LogP contribution is 2.25. The Morgan fingerprint density at radius 2 is 2.21 bits per heavy atom. The number of nitrogen functional groups attached to an aromatic ring is 1. The van der Waals surface area contributed by atoms with Gasteiger partial charge in [0.15, 0.2) is 0 Å².